The Morgan fingerprint density at radius 2 is 2.11 bits per heavy atom. The highest BCUT2D eigenvalue weighted by Gasteiger charge is 2.16. The zero-order chi connectivity index (χ0) is 13.7. The molecule has 0 radical (unpaired) electrons. The van der Waals surface area contributed by atoms with E-state index in [1.54, 1.807) is 6.92 Å². The Kier molecular flexibility index (Phi) is 4.43. The normalized spacial score (nSPS) is 9.50. The quantitative estimate of drug-likeness (QED) is 0.778. The molecule has 5 nitrogen and oxygen atoms in total. The summed E-state index contributed by atoms with van der Waals surface area (Å²) >= 11 is 0. The standard InChI is InChI=1S/C11H10F2N2O3/c1-3-17-11(16)15(2)18-10-5-8(12)7(6-14)4-9(10)13/h4-5H,3H2,1-2H3. The molecule has 1 aromatic rings. The molecule has 7 heteroatoms. The second kappa shape index (κ2) is 5.82. The van der Waals surface area contributed by atoms with Crippen molar-refractivity contribution in [3.8, 4) is 11.8 Å². The van der Waals surface area contributed by atoms with Gasteiger partial charge in [0.1, 0.15) is 11.9 Å². The van der Waals surface area contributed by atoms with E-state index in [0.29, 0.717) is 17.2 Å². The van der Waals surface area contributed by atoms with Crippen LogP contribution in [0, 0.1) is 23.0 Å². The first-order chi connectivity index (χ1) is 8.49. The van der Waals surface area contributed by atoms with E-state index >= 15 is 0 Å². The van der Waals surface area contributed by atoms with Crippen LogP contribution in [0.15, 0.2) is 12.1 Å². The second-order valence-electron chi connectivity index (χ2n) is 3.16. The predicted octanol–water partition coefficient (Wildman–Crippen LogP) is 2.22. The minimum absolute atomic E-state index is 0.122. The molecule has 0 saturated heterocycles. The van der Waals surface area contributed by atoms with E-state index in [1.807, 2.05) is 0 Å². The van der Waals surface area contributed by atoms with Gasteiger partial charge in [0.05, 0.1) is 19.2 Å². The van der Waals surface area contributed by atoms with Crippen LogP contribution in [0.3, 0.4) is 0 Å². The van der Waals surface area contributed by atoms with Gasteiger partial charge >= 0.3 is 6.09 Å². The Morgan fingerprint density at radius 3 is 2.67 bits per heavy atom. The number of hydrogen-bond acceptors (Lipinski definition) is 4. The molecule has 0 atom stereocenters. The maximum absolute atomic E-state index is 13.4. The summed E-state index contributed by atoms with van der Waals surface area (Å²) in [5, 5.41) is 9.11. The summed E-state index contributed by atoms with van der Waals surface area (Å²) in [5.41, 5.74) is -0.446. The van der Waals surface area contributed by atoms with Crippen molar-refractivity contribution in [2.24, 2.45) is 0 Å². The van der Waals surface area contributed by atoms with E-state index in [9.17, 15) is 13.6 Å². The molecule has 0 spiro atoms. The molecule has 0 aliphatic carbocycles. The maximum Gasteiger partial charge on any atom is 0.442 e. The number of hydroxylamine groups is 2. The first-order valence-electron chi connectivity index (χ1n) is 4.97. The molecule has 0 aliphatic heterocycles. The first kappa shape index (κ1) is 13.7. The summed E-state index contributed by atoms with van der Waals surface area (Å²) in [7, 11) is 1.19. The number of amides is 1. The third-order valence-corrected chi connectivity index (χ3v) is 1.90. The van der Waals surface area contributed by atoms with Crippen molar-refractivity contribution in [3.05, 3.63) is 29.3 Å². The molecule has 1 rings (SSSR count). The highest BCUT2D eigenvalue weighted by molar-refractivity contribution is 5.66. The number of nitrogens with zero attached hydrogens (tertiary/aromatic N) is 2. The van der Waals surface area contributed by atoms with Crippen molar-refractivity contribution in [2.75, 3.05) is 13.7 Å². The minimum Gasteiger partial charge on any atom is -0.448 e. The third-order valence-electron chi connectivity index (χ3n) is 1.90. The molecular formula is C11H10F2N2O3. The third kappa shape index (κ3) is 3.07. The average molecular weight is 256 g/mol. The summed E-state index contributed by atoms with van der Waals surface area (Å²) in [5.74, 6) is -2.41. The van der Waals surface area contributed by atoms with Gasteiger partial charge in [0.2, 0.25) is 0 Å². The lowest BCUT2D eigenvalue weighted by Gasteiger charge is -2.17. The number of carbonyl (C=O) groups excluding carboxylic acids is 1. The van der Waals surface area contributed by atoms with Gasteiger partial charge in [-0.3, -0.25) is 0 Å². The van der Waals surface area contributed by atoms with Crippen molar-refractivity contribution in [2.45, 2.75) is 6.92 Å². The Hall–Kier alpha value is -2.36. The van der Waals surface area contributed by atoms with E-state index in [1.165, 1.54) is 13.1 Å². The van der Waals surface area contributed by atoms with Crippen molar-refractivity contribution in [1.82, 2.24) is 5.06 Å². The van der Waals surface area contributed by atoms with Crippen LogP contribution >= 0.6 is 0 Å². The fourth-order valence-electron chi connectivity index (χ4n) is 1.08. The number of nitriles is 1. The summed E-state index contributed by atoms with van der Waals surface area (Å²) in [4.78, 5) is 16.0. The Labute approximate surface area is 102 Å². The van der Waals surface area contributed by atoms with Gasteiger partial charge in [0.15, 0.2) is 11.6 Å². The fourth-order valence-corrected chi connectivity index (χ4v) is 1.08. The van der Waals surface area contributed by atoms with Crippen molar-refractivity contribution < 1.29 is 23.1 Å². The van der Waals surface area contributed by atoms with Crippen LogP contribution in [-0.4, -0.2) is 24.8 Å². The van der Waals surface area contributed by atoms with Crippen LogP contribution in [0.2, 0.25) is 0 Å². The molecule has 1 aromatic carbocycles. The summed E-state index contributed by atoms with van der Waals surface area (Å²) in [6.45, 7) is 1.71. The number of benzene rings is 1. The van der Waals surface area contributed by atoms with Gasteiger partial charge < -0.3 is 9.57 Å². The number of rotatable bonds is 3. The lowest BCUT2D eigenvalue weighted by Crippen LogP contribution is -2.31. The van der Waals surface area contributed by atoms with Gasteiger partial charge in [0, 0.05) is 6.07 Å². The van der Waals surface area contributed by atoms with Gasteiger partial charge in [-0.25, -0.2) is 13.6 Å². The molecule has 0 bridgehead atoms. The van der Waals surface area contributed by atoms with Crippen LogP contribution < -0.4 is 4.84 Å². The Morgan fingerprint density at radius 1 is 1.44 bits per heavy atom. The second-order valence-corrected chi connectivity index (χ2v) is 3.16. The topological polar surface area (TPSA) is 62.6 Å². The largest absolute Gasteiger partial charge is 0.448 e. The van der Waals surface area contributed by atoms with Crippen molar-refractivity contribution >= 4 is 6.09 Å². The Bertz CT molecular complexity index is 500. The molecule has 1 amide bonds. The van der Waals surface area contributed by atoms with E-state index < -0.39 is 29.0 Å². The van der Waals surface area contributed by atoms with Crippen molar-refractivity contribution in [3.63, 3.8) is 0 Å². The fraction of sp³-hybridized carbons (Fsp3) is 0.273. The molecule has 0 aliphatic rings. The van der Waals surface area contributed by atoms with Gasteiger partial charge in [-0.1, -0.05) is 0 Å². The monoisotopic (exact) mass is 256 g/mol. The molecule has 96 valence electrons. The van der Waals surface area contributed by atoms with E-state index in [4.69, 9.17) is 10.1 Å². The molecule has 0 unspecified atom stereocenters. The number of hydrogen-bond donors (Lipinski definition) is 0. The SMILES string of the molecule is CCOC(=O)N(C)Oc1cc(F)c(C#N)cc1F. The van der Waals surface area contributed by atoms with Crippen LogP contribution in [0.4, 0.5) is 13.6 Å². The smallest absolute Gasteiger partial charge is 0.442 e. The van der Waals surface area contributed by atoms with E-state index in [2.05, 4.69) is 4.74 Å². The molecular weight excluding hydrogens is 246 g/mol. The maximum atomic E-state index is 13.4. The van der Waals surface area contributed by atoms with Gasteiger partial charge in [-0.15, -0.1) is 5.06 Å². The van der Waals surface area contributed by atoms with E-state index in [0.717, 1.165) is 0 Å². The Balaban J connectivity index is 2.89. The zero-order valence-corrected chi connectivity index (χ0v) is 9.74. The highest BCUT2D eigenvalue weighted by atomic mass is 19.1. The van der Waals surface area contributed by atoms with Crippen LogP contribution in [0.1, 0.15) is 12.5 Å². The molecule has 0 aromatic heterocycles. The lowest BCUT2D eigenvalue weighted by molar-refractivity contribution is -0.0291. The van der Waals surface area contributed by atoms with Crippen molar-refractivity contribution in [1.29, 1.82) is 5.26 Å². The molecule has 0 N–H and O–H groups in total. The molecule has 0 heterocycles. The molecule has 18 heavy (non-hydrogen) atoms. The minimum atomic E-state index is -0.955. The highest BCUT2D eigenvalue weighted by Crippen LogP contribution is 2.21. The number of ether oxygens (including phenoxy) is 1. The van der Waals surface area contributed by atoms with E-state index in [-0.39, 0.29) is 6.61 Å². The first-order valence-corrected chi connectivity index (χ1v) is 4.97. The van der Waals surface area contributed by atoms with Gasteiger partial charge in [0.25, 0.3) is 0 Å². The summed E-state index contributed by atoms with van der Waals surface area (Å²) in [6.07, 6.45) is -0.846. The predicted molar refractivity (Wildman–Crippen MR) is 56.5 cm³/mol. The summed E-state index contributed by atoms with van der Waals surface area (Å²) in [6, 6.07) is 2.85. The zero-order valence-electron chi connectivity index (χ0n) is 9.74. The van der Waals surface area contributed by atoms with Crippen LogP contribution in [0.25, 0.3) is 0 Å². The van der Waals surface area contributed by atoms with Gasteiger partial charge in [-0.05, 0) is 13.0 Å². The van der Waals surface area contributed by atoms with Gasteiger partial charge in [-0.2, -0.15) is 5.26 Å². The van der Waals surface area contributed by atoms with Crippen LogP contribution in [0.5, 0.6) is 5.75 Å². The van der Waals surface area contributed by atoms with Crippen LogP contribution in [-0.2, 0) is 4.74 Å². The molecule has 0 saturated carbocycles. The number of halogens is 2. The average Bonchev–Trinajstić information content (AvgIpc) is 2.33. The lowest BCUT2D eigenvalue weighted by atomic mass is 10.2. The summed E-state index contributed by atoms with van der Waals surface area (Å²) < 4.78 is 31.2. The molecule has 0 fully saturated rings. The number of carbonyl (C=O) groups is 1.